The molecule has 0 amide bonds. The van der Waals surface area contributed by atoms with E-state index in [2.05, 4.69) is 0 Å². The molecule has 0 N–H and O–H groups in total. The van der Waals surface area contributed by atoms with Crippen molar-refractivity contribution in [3.05, 3.63) is 29.3 Å². The molecule has 1 rings (SSSR count). The fourth-order valence-corrected chi connectivity index (χ4v) is 1.77. The van der Waals surface area contributed by atoms with Crippen molar-refractivity contribution in [3.8, 4) is 0 Å². The summed E-state index contributed by atoms with van der Waals surface area (Å²) in [6.45, 7) is 3.35. The second-order valence-electron chi connectivity index (χ2n) is 2.72. The van der Waals surface area contributed by atoms with Gasteiger partial charge in [0.15, 0.2) is 0 Å². The molecule has 3 nitrogen and oxygen atoms in total. The molecule has 0 unspecified atom stereocenters. The predicted octanol–water partition coefficient (Wildman–Crippen LogP) is -1.79. The van der Waals surface area contributed by atoms with E-state index in [0.29, 0.717) is 5.56 Å². The van der Waals surface area contributed by atoms with Crippen molar-refractivity contribution in [3.63, 3.8) is 0 Å². The molecule has 13 heavy (non-hydrogen) atoms. The van der Waals surface area contributed by atoms with E-state index in [1.165, 1.54) is 6.07 Å². The van der Waals surface area contributed by atoms with E-state index >= 15 is 0 Å². The molecule has 0 spiro atoms. The minimum absolute atomic E-state index is 0. The Morgan fingerprint density at radius 2 is 1.77 bits per heavy atom. The van der Waals surface area contributed by atoms with Crippen LogP contribution in [0.15, 0.2) is 23.1 Å². The summed E-state index contributed by atoms with van der Waals surface area (Å²) in [5.41, 5.74) is 1.27. The van der Waals surface area contributed by atoms with Crippen LogP contribution in [0.4, 0.5) is 0 Å². The maximum Gasteiger partial charge on any atom is 1.00 e. The molecule has 1 aromatic carbocycles. The summed E-state index contributed by atoms with van der Waals surface area (Å²) in [4.78, 5) is -0.123. The molecule has 0 aromatic heterocycles. The van der Waals surface area contributed by atoms with E-state index in [-0.39, 0.29) is 23.8 Å². The number of benzene rings is 1. The van der Waals surface area contributed by atoms with Crippen LogP contribution in [0.1, 0.15) is 11.1 Å². The van der Waals surface area contributed by atoms with Crippen LogP contribution in [-0.2, 0) is 10.1 Å². The second kappa shape index (κ2) is 4.29. The molecule has 1 aromatic rings. The molecular formula is C8H9LiO3S. The van der Waals surface area contributed by atoms with Gasteiger partial charge in [-0.05, 0) is 31.0 Å². The summed E-state index contributed by atoms with van der Waals surface area (Å²) in [6, 6.07) is 4.78. The second-order valence-corrected chi connectivity index (χ2v) is 4.07. The zero-order chi connectivity index (χ0) is 9.35. The van der Waals surface area contributed by atoms with Crippen LogP contribution in [0, 0.1) is 13.8 Å². The Morgan fingerprint density at radius 3 is 2.15 bits per heavy atom. The van der Waals surface area contributed by atoms with Gasteiger partial charge in [0.25, 0.3) is 0 Å². The van der Waals surface area contributed by atoms with Gasteiger partial charge in [-0.2, -0.15) is 0 Å². The Labute approximate surface area is 90.1 Å². The van der Waals surface area contributed by atoms with Gasteiger partial charge in [-0.3, -0.25) is 0 Å². The quantitative estimate of drug-likeness (QED) is 0.390. The minimum atomic E-state index is -4.31. The van der Waals surface area contributed by atoms with E-state index in [0.717, 1.165) is 5.56 Å². The molecule has 0 saturated carbocycles. The third-order valence-electron chi connectivity index (χ3n) is 1.61. The van der Waals surface area contributed by atoms with Gasteiger partial charge in [0.2, 0.25) is 0 Å². The first-order valence-electron chi connectivity index (χ1n) is 3.44. The molecule has 0 atom stereocenters. The Hall–Kier alpha value is -0.273. The topological polar surface area (TPSA) is 57.2 Å². The molecule has 66 valence electrons. The summed E-state index contributed by atoms with van der Waals surface area (Å²) in [7, 11) is -4.31. The maximum atomic E-state index is 10.7. The van der Waals surface area contributed by atoms with Crippen molar-refractivity contribution in [1.29, 1.82) is 0 Å². The minimum Gasteiger partial charge on any atom is -0.744 e. The number of aryl methyl sites for hydroxylation is 2. The van der Waals surface area contributed by atoms with Gasteiger partial charge in [0.05, 0.1) is 4.90 Å². The van der Waals surface area contributed by atoms with E-state index in [1.807, 2.05) is 0 Å². The maximum absolute atomic E-state index is 10.7. The molecule has 0 aliphatic carbocycles. The van der Waals surface area contributed by atoms with Gasteiger partial charge in [-0.15, -0.1) is 0 Å². The van der Waals surface area contributed by atoms with Crippen molar-refractivity contribution >= 4 is 10.1 Å². The van der Waals surface area contributed by atoms with Gasteiger partial charge in [0.1, 0.15) is 10.1 Å². The van der Waals surface area contributed by atoms with Crippen LogP contribution >= 0.6 is 0 Å². The summed E-state index contributed by atoms with van der Waals surface area (Å²) in [6.07, 6.45) is 0. The van der Waals surface area contributed by atoms with E-state index in [1.54, 1.807) is 26.0 Å². The van der Waals surface area contributed by atoms with Crippen molar-refractivity contribution < 1.29 is 31.8 Å². The Balaban J connectivity index is 0.00000144. The first-order valence-corrected chi connectivity index (χ1v) is 4.85. The SMILES string of the molecule is Cc1ccc(C)c(S(=O)(=O)[O-])c1.[Li+]. The van der Waals surface area contributed by atoms with Crippen LogP contribution in [0.3, 0.4) is 0 Å². The van der Waals surface area contributed by atoms with E-state index < -0.39 is 10.1 Å². The molecule has 0 heterocycles. The summed E-state index contributed by atoms with van der Waals surface area (Å²) in [5.74, 6) is 0. The van der Waals surface area contributed by atoms with Crippen LogP contribution < -0.4 is 18.9 Å². The molecular weight excluding hydrogens is 183 g/mol. The van der Waals surface area contributed by atoms with Gasteiger partial charge in [0, 0.05) is 0 Å². The largest absolute Gasteiger partial charge is 1.00 e. The Morgan fingerprint density at radius 1 is 1.23 bits per heavy atom. The molecule has 5 heteroatoms. The zero-order valence-corrected chi connectivity index (χ0v) is 8.68. The first-order chi connectivity index (χ1) is 5.41. The number of rotatable bonds is 1. The van der Waals surface area contributed by atoms with Crippen molar-refractivity contribution in [2.24, 2.45) is 0 Å². The summed E-state index contributed by atoms with van der Waals surface area (Å²) >= 11 is 0. The monoisotopic (exact) mass is 192 g/mol. The molecule has 0 bridgehead atoms. The standard InChI is InChI=1S/C8H10O3S.Li/c1-6-3-4-7(2)8(5-6)12(9,10)11;/h3-5H,1-2H3,(H,9,10,11);/q;+1/p-1. The third-order valence-corrected chi connectivity index (χ3v) is 2.59. The molecule has 0 radical (unpaired) electrons. The molecule has 0 saturated heterocycles. The average Bonchev–Trinajstić information content (AvgIpc) is 1.92. The van der Waals surface area contributed by atoms with Gasteiger partial charge < -0.3 is 4.55 Å². The number of hydrogen-bond acceptors (Lipinski definition) is 3. The number of hydrogen-bond donors (Lipinski definition) is 0. The van der Waals surface area contributed by atoms with Crippen LogP contribution in [0.5, 0.6) is 0 Å². The van der Waals surface area contributed by atoms with Crippen LogP contribution in [0.25, 0.3) is 0 Å². The van der Waals surface area contributed by atoms with Gasteiger partial charge in [-0.1, -0.05) is 12.1 Å². The zero-order valence-electron chi connectivity index (χ0n) is 7.87. The van der Waals surface area contributed by atoms with Crippen molar-refractivity contribution in [1.82, 2.24) is 0 Å². The van der Waals surface area contributed by atoms with Gasteiger partial charge >= 0.3 is 18.9 Å². The molecule has 0 aliphatic heterocycles. The van der Waals surface area contributed by atoms with E-state index in [9.17, 15) is 13.0 Å². The Bertz CT molecular complexity index is 398. The van der Waals surface area contributed by atoms with Crippen molar-refractivity contribution in [2.75, 3.05) is 0 Å². The molecule has 0 aliphatic rings. The van der Waals surface area contributed by atoms with Gasteiger partial charge in [-0.25, -0.2) is 8.42 Å². The smallest absolute Gasteiger partial charge is 0.744 e. The van der Waals surface area contributed by atoms with Crippen LogP contribution in [0.2, 0.25) is 0 Å². The predicted molar refractivity (Wildman–Crippen MR) is 43.9 cm³/mol. The first kappa shape index (κ1) is 12.7. The normalized spacial score (nSPS) is 10.7. The fourth-order valence-electron chi connectivity index (χ4n) is 0.977. The third kappa shape index (κ3) is 3.16. The summed E-state index contributed by atoms with van der Waals surface area (Å²) in [5, 5.41) is 0. The van der Waals surface area contributed by atoms with Crippen molar-refractivity contribution in [2.45, 2.75) is 18.7 Å². The molecule has 0 fully saturated rings. The van der Waals surface area contributed by atoms with E-state index in [4.69, 9.17) is 0 Å². The summed E-state index contributed by atoms with van der Waals surface area (Å²) < 4.78 is 32.0. The average molecular weight is 192 g/mol. The van der Waals surface area contributed by atoms with Crippen LogP contribution in [-0.4, -0.2) is 13.0 Å². The fraction of sp³-hybridized carbons (Fsp3) is 0.250. The Kier molecular flexibility index (Phi) is 4.20.